The van der Waals surface area contributed by atoms with E-state index in [2.05, 4.69) is 10.6 Å². The first kappa shape index (κ1) is 14.4. The number of hydrogen-bond acceptors (Lipinski definition) is 6. The van der Waals surface area contributed by atoms with Crippen LogP contribution < -0.4 is 10.6 Å². The maximum Gasteiger partial charge on any atom is 0.698 e. The van der Waals surface area contributed by atoms with Crippen LogP contribution in [0.25, 0.3) is 0 Å². The largest absolute Gasteiger partial charge is 0.698 e. The van der Waals surface area contributed by atoms with E-state index in [0.29, 0.717) is 10.7 Å². The van der Waals surface area contributed by atoms with Crippen LogP contribution in [-0.2, 0) is 18.9 Å². The summed E-state index contributed by atoms with van der Waals surface area (Å²) in [4.78, 5) is 34.5. The van der Waals surface area contributed by atoms with E-state index in [4.69, 9.17) is 20.9 Å². The number of carbonyl (C=O) groups is 3. The highest BCUT2D eigenvalue weighted by molar-refractivity contribution is 6.84. The van der Waals surface area contributed by atoms with Crippen molar-refractivity contribution in [1.82, 2.24) is 5.32 Å². The van der Waals surface area contributed by atoms with Gasteiger partial charge in [0.1, 0.15) is 0 Å². The Morgan fingerprint density at radius 1 is 1.15 bits per heavy atom. The fraction of sp³-hybridized carbons (Fsp3) is 0.182. The van der Waals surface area contributed by atoms with Gasteiger partial charge < -0.3 is 14.6 Å². The van der Waals surface area contributed by atoms with Gasteiger partial charge in [0.05, 0.1) is 13.1 Å². The molecule has 2 N–H and O–H groups in total. The Bertz CT molecular complexity index is 518. The lowest BCUT2D eigenvalue weighted by Gasteiger charge is -2.17. The summed E-state index contributed by atoms with van der Waals surface area (Å²) in [7, 11) is -1.60. The van der Waals surface area contributed by atoms with Gasteiger partial charge in [0, 0.05) is 10.7 Å². The summed E-state index contributed by atoms with van der Waals surface area (Å²) in [5, 5.41) is 5.47. The van der Waals surface area contributed by atoms with Gasteiger partial charge in [0.15, 0.2) is 0 Å². The Kier molecular flexibility index (Phi) is 4.59. The Morgan fingerprint density at radius 3 is 2.25 bits per heavy atom. The molecule has 1 aliphatic heterocycles. The lowest BCUT2D eigenvalue weighted by molar-refractivity contribution is -0.141. The van der Waals surface area contributed by atoms with Crippen LogP contribution in [0.1, 0.15) is 0 Å². The van der Waals surface area contributed by atoms with E-state index in [1.54, 1.807) is 24.3 Å². The second-order valence-corrected chi connectivity index (χ2v) is 4.35. The number of benzene rings is 1. The molecule has 1 aromatic rings. The normalized spacial score (nSPS) is 15.8. The molecule has 0 bridgehead atoms. The topological polar surface area (TPSA) is 93.7 Å². The molecule has 1 amide bonds. The fourth-order valence-corrected chi connectivity index (χ4v) is 1.58. The number of halogens is 1. The number of carbonyl (C=O) groups excluding carboxylic acids is 3. The lowest BCUT2D eigenvalue weighted by Crippen LogP contribution is -2.47. The Hall–Kier alpha value is -2.06. The first-order chi connectivity index (χ1) is 9.54. The summed E-state index contributed by atoms with van der Waals surface area (Å²) < 4.78 is 9.47. The van der Waals surface area contributed by atoms with Crippen LogP contribution >= 0.6 is 11.6 Å². The number of nitrogens with one attached hydrogen (secondary N) is 2. The van der Waals surface area contributed by atoms with Crippen LogP contribution in [0.3, 0.4) is 0 Å². The molecule has 1 aromatic carbocycles. The third-order valence-electron chi connectivity index (χ3n) is 2.34. The first-order valence-corrected chi connectivity index (χ1v) is 6.08. The summed E-state index contributed by atoms with van der Waals surface area (Å²) in [5.74, 6) is -2.13. The van der Waals surface area contributed by atoms with E-state index in [-0.39, 0.29) is 13.1 Å². The first-order valence-electron chi connectivity index (χ1n) is 5.71. The molecule has 0 spiro atoms. The second-order valence-electron chi connectivity index (χ2n) is 3.91. The maximum absolute atomic E-state index is 11.9. The fourth-order valence-electron chi connectivity index (χ4n) is 1.45. The van der Waals surface area contributed by atoms with E-state index in [1.165, 1.54) is 0 Å². The van der Waals surface area contributed by atoms with Crippen molar-refractivity contribution in [3.05, 3.63) is 29.3 Å². The maximum atomic E-state index is 11.9. The van der Waals surface area contributed by atoms with Gasteiger partial charge in [-0.05, 0) is 24.3 Å². The van der Waals surface area contributed by atoms with Crippen molar-refractivity contribution in [3.8, 4) is 0 Å². The molecule has 2 rings (SSSR count). The van der Waals surface area contributed by atoms with Gasteiger partial charge in [-0.3, -0.25) is 19.7 Å². The molecule has 0 radical (unpaired) electrons. The van der Waals surface area contributed by atoms with Gasteiger partial charge in [-0.25, -0.2) is 0 Å². The minimum atomic E-state index is -1.60. The van der Waals surface area contributed by atoms with Crippen molar-refractivity contribution >= 4 is 42.2 Å². The SMILES string of the molecule is O=C1CNCC(=O)OB(C(=O)Nc2ccc(Cl)cc2)O1. The highest BCUT2D eigenvalue weighted by atomic mass is 35.5. The van der Waals surface area contributed by atoms with Gasteiger partial charge in [0.25, 0.3) is 5.81 Å². The zero-order chi connectivity index (χ0) is 14.5. The second kappa shape index (κ2) is 6.40. The lowest BCUT2D eigenvalue weighted by atomic mass is 9.88. The van der Waals surface area contributed by atoms with Crippen molar-refractivity contribution in [1.29, 1.82) is 0 Å². The standard InChI is InChI=1S/C11H10BClN2O5/c13-7-1-3-8(4-2-7)15-11(18)12-19-9(16)5-14-6-10(17)20-12/h1-4,14H,5-6H2,(H,15,18). The quantitative estimate of drug-likeness (QED) is 0.778. The third-order valence-corrected chi connectivity index (χ3v) is 2.59. The van der Waals surface area contributed by atoms with Crippen LogP contribution in [-0.4, -0.2) is 38.0 Å². The van der Waals surface area contributed by atoms with Crippen molar-refractivity contribution < 1.29 is 23.7 Å². The molecule has 20 heavy (non-hydrogen) atoms. The van der Waals surface area contributed by atoms with E-state index < -0.39 is 24.9 Å². The predicted octanol–water partition coefficient (Wildman–Crippen LogP) is 0.631. The minimum absolute atomic E-state index is 0.167. The van der Waals surface area contributed by atoms with Crippen LogP contribution in [0, 0.1) is 0 Å². The van der Waals surface area contributed by atoms with Crippen LogP contribution in [0.4, 0.5) is 10.5 Å². The highest BCUT2D eigenvalue weighted by Gasteiger charge is 2.38. The Balaban J connectivity index is 2.03. The Morgan fingerprint density at radius 2 is 1.70 bits per heavy atom. The molecule has 1 fully saturated rings. The zero-order valence-electron chi connectivity index (χ0n) is 10.2. The van der Waals surface area contributed by atoms with E-state index in [9.17, 15) is 14.4 Å². The van der Waals surface area contributed by atoms with Crippen molar-refractivity contribution in [2.24, 2.45) is 0 Å². The summed E-state index contributed by atoms with van der Waals surface area (Å²) in [5.41, 5.74) is 0.437. The summed E-state index contributed by atoms with van der Waals surface area (Å²) in [6, 6.07) is 6.29. The van der Waals surface area contributed by atoms with Crippen LogP contribution in [0.5, 0.6) is 0 Å². The molecular formula is C11H10BClN2O5. The molecular weight excluding hydrogens is 286 g/mol. The zero-order valence-corrected chi connectivity index (χ0v) is 11.0. The van der Waals surface area contributed by atoms with E-state index in [1.807, 2.05) is 0 Å². The van der Waals surface area contributed by atoms with Crippen molar-refractivity contribution in [2.75, 3.05) is 18.4 Å². The van der Waals surface area contributed by atoms with Gasteiger partial charge in [0.2, 0.25) is 0 Å². The van der Waals surface area contributed by atoms with E-state index >= 15 is 0 Å². The summed E-state index contributed by atoms with van der Waals surface area (Å²) >= 11 is 5.72. The van der Waals surface area contributed by atoms with Crippen LogP contribution in [0.15, 0.2) is 24.3 Å². The summed E-state index contributed by atoms with van der Waals surface area (Å²) in [6.45, 7) is -0.334. The molecule has 1 heterocycles. The number of rotatable bonds is 2. The molecule has 0 aliphatic carbocycles. The molecule has 0 saturated carbocycles. The molecule has 0 atom stereocenters. The molecule has 7 nitrogen and oxygen atoms in total. The number of anilines is 1. The van der Waals surface area contributed by atoms with Gasteiger partial charge in [-0.1, -0.05) is 11.6 Å². The molecule has 0 unspecified atom stereocenters. The van der Waals surface area contributed by atoms with Crippen molar-refractivity contribution in [3.63, 3.8) is 0 Å². The molecule has 104 valence electrons. The highest BCUT2D eigenvalue weighted by Crippen LogP contribution is 2.14. The van der Waals surface area contributed by atoms with Crippen LogP contribution in [0.2, 0.25) is 5.02 Å². The van der Waals surface area contributed by atoms with Crippen molar-refractivity contribution in [2.45, 2.75) is 0 Å². The molecule has 1 saturated heterocycles. The molecule has 9 heteroatoms. The smallest absolute Gasteiger partial charge is 0.491 e. The number of hydrogen-bond donors (Lipinski definition) is 2. The van der Waals surface area contributed by atoms with E-state index in [0.717, 1.165) is 0 Å². The molecule has 1 aliphatic rings. The molecule has 0 aromatic heterocycles. The van der Waals surface area contributed by atoms with Gasteiger partial charge in [-0.15, -0.1) is 0 Å². The monoisotopic (exact) mass is 296 g/mol. The average Bonchev–Trinajstić information content (AvgIpc) is 2.38. The summed E-state index contributed by atoms with van der Waals surface area (Å²) in [6.07, 6.45) is 0. The number of amides is 1. The minimum Gasteiger partial charge on any atom is -0.491 e. The van der Waals surface area contributed by atoms with Gasteiger partial charge in [-0.2, -0.15) is 0 Å². The Labute approximate surface area is 119 Å². The average molecular weight is 296 g/mol. The predicted molar refractivity (Wildman–Crippen MR) is 71.3 cm³/mol. The van der Waals surface area contributed by atoms with Gasteiger partial charge >= 0.3 is 19.1 Å². The third kappa shape index (κ3) is 3.97.